The van der Waals surface area contributed by atoms with E-state index in [4.69, 9.17) is 22.1 Å². The highest BCUT2D eigenvalue weighted by Gasteiger charge is 2.08. The molecule has 0 fully saturated rings. The van der Waals surface area contributed by atoms with Crippen molar-refractivity contribution < 1.29 is 9.53 Å². The molecule has 0 bridgehead atoms. The number of nitrogen functional groups attached to an aromatic ring is 1. The maximum Gasteiger partial charge on any atom is 0.262 e. The second kappa shape index (κ2) is 6.25. The average molecular weight is 292 g/mol. The van der Waals surface area contributed by atoms with Crippen molar-refractivity contribution in [2.45, 2.75) is 6.92 Å². The number of hydrogen-bond donors (Lipinski definition) is 2. The van der Waals surface area contributed by atoms with Gasteiger partial charge in [0.05, 0.1) is 5.69 Å². The monoisotopic (exact) mass is 291 g/mol. The smallest absolute Gasteiger partial charge is 0.262 e. The highest BCUT2D eigenvalue weighted by atomic mass is 35.5. The quantitative estimate of drug-likeness (QED) is 0.670. The molecule has 5 nitrogen and oxygen atoms in total. The van der Waals surface area contributed by atoms with Crippen LogP contribution >= 0.6 is 11.6 Å². The molecule has 0 spiro atoms. The van der Waals surface area contributed by atoms with Crippen molar-refractivity contribution in [3.63, 3.8) is 0 Å². The van der Waals surface area contributed by atoms with Gasteiger partial charge in [-0.1, -0.05) is 11.6 Å². The summed E-state index contributed by atoms with van der Waals surface area (Å²) in [5, 5.41) is 2.87. The van der Waals surface area contributed by atoms with Gasteiger partial charge in [-0.25, -0.2) is 4.98 Å². The summed E-state index contributed by atoms with van der Waals surface area (Å²) in [6.45, 7) is 1.75. The first-order chi connectivity index (χ1) is 9.56. The molecule has 1 aromatic carbocycles. The van der Waals surface area contributed by atoms with Crippen molar-refractivity contribution >= 4 is 28.9 Å². The third-order valence-corrected chi connectivity index (χ3v) is 2.89. The summed E-state index contributed by atoms with van der Waals surface area (Å²) in [5.41, 5.74) is 7.63. The maximum absolute atomic E-state index is 11.8. The maximum atomic E-state index is 11.8. The Balaban J connectivity index is 1.94. The highest BCUT2D eigenvalue weighted by Crippen LogP contribution is 2.20. The van der Waals surface area contributed by atoms with E-state index >= 15 is 0 Å². The van der Waals surface area contributed by atoms with Crippen molar-refractivity contribution in [3.05, 3.63) is 47.2 Å². The number of rotatable bonds is 4. The predicted octanol–water partition coefficient (Wildman–Crippen LogP) is 2.64. The van der Waals surface area contributed by atoms with E-state index in [0.717, 1.165) is 5.56 Å². The minimum absolute atomic E-state index is 0.115. The first kappa shape index (κ1) is 14.1. The van der Waals surface area contributed by atoms with Crippen LogP contribution < -0.4 is 15.8 Å². The second-order valence-electron chi connectivity index (χ2n) is 4.20. The van der Waals surface area contributed by atoms with Crippen molar-refractivity contribution in [1.82, 2.24) is 4.98 Å². The van der Waals surface area contributed by atoms with E-state index in [1.54, 1.807) is 36.5 Å². The number of carbonyl (C=O) groups is 1. The number of benzene rings is 1. The fourth-order valence-electron chi connectivity index (χ4n) is 1.64. The molecule has 3 N–H and O–H groups in total. The van der Waals surface area contributed by atoms with Gasteiger partial charge >= 0.3 is 0 Å². The van der Waals surface area contributed by atoms with Crippen molar-refractivity contribution in [1.29, 1.82) is 0 Å². The molecule has 0 aliphatic rings. The van der Waals surface area contributed by atoms with Gasteiger partial charge in [0.25, 0.3) is 5.91 Å². The highest BCUT2D eigenvalue weighted by molar-refractivity contribution is 6.32. The van der Waals surface area contributed by atoms with Gasteiger partial charge in [-0.05, 0) is 42.8 Å². The molecule has 2 aromatic rings. The Hall–Kier alpha value is -2.27. The number of carbonyl (C=O) groups excluding carboxylic acids is 1. The van der Waals surface area contributed by atoms with Crippen LogP contribution in [0.5, 0.6) is 5.75 Å². The minimum atomic E-state index is -0.309. The molecular weight excluding hydrogens is 278 g/mol. The van der Waals surface area contributed by atoms with Crippen LogP contribution in [0.1, 0.15) is 5.56 Å². The number of nitrogens with two attached hydrogens (primary N) is 1. The van der Waals surface area contributed by atoms with E-state index in [1.807, 2.05) is 6.92 Å². The lowest BCUT2D eigenvalue weighted by atomic mass is 10.2. The van der Waals surface area contributed by atoms with E-state index < -0.39 is 0 Å². The molecule has 0 saturated heterocycles. The normalized spacial score (nSPS) is 10.1. The van der Waals surface area contributed by atoms with Crippen LogP contribution in [0.4, 0.5) is 11.4 Å². The largest absolute Gasteiger partial charge is 0.483 e. The van der Waals surface area contributed by atoms with Crippen LogP contribution in [0.3, 0.4) is 0 Å². The minimum Gasteiger partial charge on any atom is -0.483 e. The zero-order valence-corrected chi connectivity index (χ0v) is 11.6. The Morgan fingerprint density at radius 3 is 2.95 bits per heavy atom. The SMILES string of the molecule is Cc1cc(N)ccc1OCC(=O)Nc1cccnc1Cl. The van der Waals surface area contributed by atoms with Crippen LogP contribution in [0.15, 0.2) is 36.5 Å². The molecule has 0 aliphatic carbocycles. The molecule has 104 valence electrons. The summed E-state index contributed by atoms with van der Waals surface area (Å²) < 4.78 is 5.43. The molecule has 0 atom stereocenters. The summed E-state index contributed by atoms with van der Waals surface area (Å²) in [4.78, 5) is 15.6. The lowest BCUT2D eigenvalue weighted by Crippen LogP contribution is -2.20. The van der Waals surface area contributed by atoms with Gasteiger partial charge < -0.3 is 15.8 Å². The molecule has 20 heavy (non-hydrogen) atoms. The number of nitrogens with one attached hydrogen (secondary N) is 1. The Labute approximate surface area is 121 Å². The summed E-state index contributed by atoms with van der Waals surface area (Å²) in [6, 6.07) is 8.59. The number of hydrogen-bond acceptors (Lipinski definition) is 4. The first-order valence-corrected chi connectivity index (χ1v) is 6.33. The lowest BCUT2D eigenvalue weighted by Gasteiger charge is -2.10. The van der Waals surface area contributed by atoms with Gasteiger partial charge in [-0.15, -0.1) is 0 Å². The number of aromatic nitrogens is 1. The number of halogens is 1. The standard InChI is InChI=1S/C14H14ClN3O2/c1-9-7-10(16)4-5-12(9)20-8-13(19)18-11-3-2-6-17-14(11)15/h2-7H,8,16H2,1H3,(H,18,19). The molecule has 0 saturated carbocycles. The molecule has 0 radical (unpaired) electrons. The Kier molecular flexibility index (Phi) is 4.42. The van der Waals surface area contributed by atoms with E-state index in [1.165, 1.54) is 0 Å². The Morgan fingerprint density at radius 2 is 2.25 bits per heavy atom. The number of nitrogens with zero attached hydrogens (tertiary/aromatic N) is 1. The van der Waals surface area contributed by atoms with E-state index in [9.17, 15) is 4.79 Å². The van der Waals surface area contributed by atoms with E-state index in [2.05, 4.69) is 10.3 Å². The van der Waals surface area contributed by atoms with Gasteiger partial charge in [-0.3, -0.25) is 4.79 Å². The fraction of sp³-hybridized carbons (Fsp3) is 0.143. The fourth-order valence-corrected chi connectivity index (χ4v) is 1.81. The number of aryl methyl sites for hydroxylation is 1. The summed E-state index contributed by atoms with van der Waals surface area (Å²) in [7, 11) is 0. The number of anilines is 2. The van der Waals surface area contributed by atoms with Crippen molar-refractivity contribution in [3.8, 4) is 5.75 Å². The summed E-state index contributed by atoms with van der Waals surface area (Å²) in [5.74, 6) is 0.308. The van der Waals surface area contributed by atoms with Gasteiger partial charge in [0, 0.05) is 11.9 Å². The van der Waals surface area contributed by atoms with E-state index in [-0.39, 0.29) is 17.7 Å². The first-order valence-electron chi connectivity index (χ1n) is 5.95. The molecule has 0 unspecified atom stereocenters. The molecule has 6 heteroatoms. The van der Waals surface area contributed by atoms with Crippen LogP contribution in [-0.4, -0.2) is 17.5 Å². The van der Waals surface area contributed by atoms with Crippen molar-refractivity contribution in [2.24, 2.45) is 0 Å². The van der Waals surface area contributed by atoms with Crippen LogP contribution in [-0.2, 0) is 4.79 Å². The van der Waals surface area contributed by atoms with Crippen LogP contribution in [0.25, 0.3) is 0 Å². The second-order valence-corrected chi connectivity index (χ2v) is 4.56. The lowest BCUT2D eigenvalue weighted by molar-refractivity contribution is -0.118. The molecular formula is C14H14ClN3O2. The number of ether oxygens (including phenoxy) is 1. The molecule has 1 amide bonds. The third-order valence-electron chi connectivity index (χ3n) is 2.59. The molecule has 1 aromatic heterocycles. The van der Waals surface area contributed by atoms with Gasteiger partial charge in [-0.2, -0.15) is 0 Å². The molecule has 1 heterocycles. The van der Waals surface area contributed by atoms with Gasteiger partial charge in [0.2, 0.25) is 0 Å². The predicted molar refractivity (Wildman–Crippen MR) is 79.0 cm³/mol. The van der Waals surface area contributed by atoms with E-state index in [0.29, 0.717) is 17.1 Å². The summed E-state index contributed by atoms with van der Waals surface area (Å²) in [6.07, 6.45) is 1.55. The zero-order valence-electron chi connectivity index (χ0n) is 10.9. The van der Waals surface area contributed by atoms with Crippen LogP contribution in [0, 0.1) is 6.92 Å². The average Bonchev–Trinajstić information content (AvgIpc) is 2.40. The zero-order chi connectivity index (χ0) is 14.5. The third kappa shape index (κ3) is 3.61. The topological polar surface area (TPSA) is 77.2 Å². The van der Waals surface area contributed by atoms with Gasteiger partial charge in [0.15, 0.2) is 11.8 Å². The molecule has 0 aliphatic heterocycles. The Bertz CT molecular complexity index is 632. The number of amides is 1. The van der Waals surface area contributed by atoms with Crippen molar-refractivity contribution in [2.75, 3.05) is 17.7 Å². The van der Waals surface area contributed by atoms with Crippen LogP contribution in [0.2, 0.25) is 5.15 Å². The number of pyridine rings is 1. The molecule has 2 rings (SSSR count). The Morgan fingerprint density at radius 1 is 1.45 bits per heavy atom. The summed E-state index contributed by atoms with van der Waals surface area (Å²) >= 11 is 5.85. The van der Waals surface area contributed by atoms with Gasteiger partial charge in [0.1, 0.15) is 5.75 Å².